The van der Waals surface area contributed by atoms with Gasteiger partial charge in [0.05, 0.1) is 12.2 Å². The quantitative estimate of drug-likeness (QED) is 0.579. The first kappa shape index (κ1) is 20.9. The number of aromatic nitrogens is 1. The minimum atomic E-state index is 0.243. The summed E-state index contributed by atoms with van der Waals surface area (Å²) in [5, 5.41) is 6.97. The molecule has 1 aliphatic heterocycles. The molecular formula is C22H37N5O. The molecule has 6 nitrogen and oxygen atoms in total. The van der Waals surface area contributed by atoms with Crippen LogP contribution in [0.2, 0.25) is 0 Å². The Morgan fingerprint density at radius 2 is 1.93 bits per heavy atom. The fourth-order valence-electron chi connectivity index (χ4n) is 4.53. The van der Waals surface area contributed by atoms with Crippen molar-refractivity contribution in [2.45, 2.75) is 71.6 Å². The Bertz CT molecular complexity index is 629. The van der Waals surface area contributed by atoms with E-state index in [-0.39, 0.29) is 12.2 Å². The van der Waals surface area contributed by atoms with Crippen LogP contribution < -0.4 is 15.5 Å². The number of nitrogens with one attached hydrogen (secondary N) is 2. The molecule has 0 radical (unpaired) electrons. The Morgan fingerprint density at radius 3 is 2.50 bits per heavy atom. The van der Waals surface area contributed by atoms with E-state index in [1.54, 1.807) is 0 Å². The highest BCUT2D eigenvalue weighted by atomic mass is 16.5. The first-order valence-electron chi connectivity index (χ1n) is 10.8. The van der Waals surface area contributed by atoms with Gasteiger partial charge in [0.15, 0.2) is 5.96 Å². The minimum Gasteiger partial charge on any atom is -0.372 e. The van der Waals surface area contributed by atoms with Gasteiger partial charge in [0.25, 0.3) is 0 Å². The number of nitrogens with zero attached hydrogens (tertiary/aromatic N) is 3. The van der Waals surface area contributed by atoms with Gasteiger partial charge in [-0.1, -0.05) is 25.8 Å². The number of morpholine rings is 1. The van der Waals surface area contributed by atoms with Crippen molar-refractivity contribution in [1.82, 2.24) is 15.6 Å². The first-order valence-corrected chi connectivity index (χ1v) is 10.8. The zero-order valence-electron chi connectivity index (χ0n) is 18.0. The molecule has 6 heteroatoms. The van der Waals surface area contributed by atoms with Gasteiger partial charge in [0.2, 0.25) is 0 Å². The van der Waals surface area contributed by atoms with Crippen molar-refractivity contribution in [3.05, 3.63) is 23.9 Å². The SMILES string of the molecule is CCC1(CNC(=NC)NCc2ccc(N3CC(C)OC(C)C3)nc2)CCCC1. The molecule has 0 amide bonds. The molecule has 2 fully saturated rings. The predicted octanol–water partition coefficient (Wildman–Crippen LogP) is 3.33. The van der Waals surface area contributed by atoms with Crippen molar-refractivity contribution in [3.63, 3.8) is 0 Å². The molecule has 28 heavy (non-hydrogen) atoms. The second-order valence-corrected chi connectivity index (χ2v) is 8.53. The summed E-state index contributed by atoms with van der Waals surface area (Å²) in [7, 11) is 1.84. The fraction of sp³-hybridized carbons (Fsp3) is 0.727. The first-order chi connectivity index (χ1) is 13.5. The van der Waals surface area contributed by atoms with Gasteiger partial charge in [-0.2, -0.15) is 0 Å². The highest BCUT2D eigenvalue weighted by molar-refractivity contribution is 5.79. The lowest BCUT2D eigenvalue weighted by molar-refractivity contribution is -0.00545. The van der Waals surface area contributed by atoms with Crippen molar-refractivity contribution in [1.29, 1.82) is 0 Å². The summed E-state index contributed by atoms with van der Waals surface area (Å²) in [6.45, 7) is 10.1. The minimum absolute atomic E-state index is 0.243. The number of aliphatic imine (C=N–C) groups is 1. The highest BCUT2D eigenvalue weighted by Crippen LogP contribution is 2.40. The summed E-state index contributed by atoms with van der Waals surface area (Å²) in [5.41, 5.74) is 1.61. The summed E-state index contributed by atoms with van der Waals surface area (Å²) >= 11 is 0. The molecule has 2 N–H and O–H groups in total. The summed E-state index contributed by atoms with van der Waals surface area (Å²) in [6, 6.07) is 4.26. The van der Waals surface area contributed by atoms with Crippen LogP contribution in [0.15, 0.2) is 23.3 Å². The Labute approximate surface area is 170 Å². The van der Waals surface area contributed by atoms with Crippen LogP contribution >= 0.6 is 0 Å². The maximum Gasteiger partial charge on any atom is 0.191 e. The van der Waals surface area contributed by atoms with Gasteiger partial charge in [-0.05, 0) is 50.2 Å². The maximum atomic E-state index is 5.81. The molecular weight excluding hydrogens is 350 g/mol. The van der Waals surface area contributed by atoms with E-state index in [0.717, 1.165) is 43.5 Å². The van der Waals surface area contributed by atoms with E-state index in [1.807, 2.05) is 13.2 Å². The highest BCUT2D eigenvalue weighted by Gasteiger charge is 2.31. The van der Waals surface area contributed by atoms with E-state index >= 15 is 0 Å². The fourth-order valence-corrected chi connectivity index (χ4v) is 4.53. The Hall–Kier alpha value is -1.82. The standard InChI is InChI=1S/C22H37N5O/c1-5-22(10-6-7-11-22)16-26-21(23-4)25-13-19-8-9-20(24-12-19)27-14-17(2)28-18(3)15-27/h8-9,12,17-18H,5-7,10-11,13-16H2,1-4H3,(H2,23,25,26). The summed E-state index contributed by atoms with van der Waals surface area (Å²) in [5.74, 6) is 1.90. The van der Waals surface area contributed by atoms with E-state index in [2.05, 4.69) is 58.4 Å². The molecule has 2 aliphatic rings. The van der Waals surface area contributed by atoms with Crippen LogP contribution in [0.3, 0.4) is 0 Å². The van der Waals surface area contributed by atoms with Crippen LogP contribution in [0.1, 0.15) is 58.4 Å². The Kier molecular flexibility index (Phi) is 7.16. The molecule has 1 saturated heterocycles. The largest absolute Gasteiger partial charge is 0.372 e. The van der Waals surface area contributed by atoms with Gasteiger partial charge in [0.1, 0.15) is 5.82 Å². The van der Waals surface area contributed by atoms with E-state index in [1.165, 1.54) is 32.1 Å². The second-order valence-electron chi connectivity index (χ2n) is 8.53. The third-order valence-electron chi connectivity index (χ3n) is 6.28. The van der Waals surface area contributed by atoms with Gasteiger partial charge in [-0.25, -0.2) is 4.98 Å². The van der Waals surface area contributed by atoms with Gasteiger partial charge < -0.3 is 20.3 Å². The smallest absolute Gasteiger partial charge is 0.191 e. The van der Waals surface area contributed by atoms with Crippen LogP contribution in [-0.4, -0.2) is 49.8 Å². The van der Waals surface area contributed by atoms with E-state index < -0.39 is 0 Å². The number of pyridine rings is 1. The van der Waals surface area contributed by atoms with Crippen molar-refractivity contribution >= 4 is 11.8 Å². The zero-order valence-corrected chi connectivity index (χ0v) is 18.0. The lowest BCUT2D eigenvalue weighted by atomic mass is 9.83. The average Bonchev–Trinajstić information content (AvgIpc) is 3.17. The monoisotopic (exact) mass is 387 g/mol. The van der Waals surface area contributed by atoms with Crippen LogP contribution in [0.25, 0.3) is 0 Å². The van der Waals surface area contributed by atoms with E-state index in [0.29, 0.717) is 5.41 Å². The van der Waals surface area contributed by atoms with E-state index in [4.69, 9.17) is 4.74 Å². The van der Waals surface area contributed by atoms with Crippen molar-refractivity contribution in [2.24, 2.45) is 10.4 Å². The molecule has 0 spiro atoms. The number of hydrogen-bond donors (Lipinski definition) is 2. The Balaban J connectivity index is 1.49. The number of guanidine groups is 1. The maximum absolute atomic E-state index is 5.81. The summed E-state index contributed by atoms with van der Waals surface area (Å²) in [6.07, 6.45) is 9.07. The van der Waals surface area contributed by atoms with E-state index in [9.17, 15) is 0 Å². The van der Waals surface area contributed by atoms with Crippen LogP contribution in [0.4, 0.5) is 5.82 Å². The number of rotatable bonds is 6. The van der Waals surface area contributed by atoms with Crippen LogP contribution in [0.5, 0.6) is 0 Å². The van der Waals surface area contributed by atoms with Gasteiger partial charge in [-0.15, -0.1) is 0 Å². The van der Waals surface area contributed by atoms with Crippen molar-refractivity contribution < 1.29 is 4.74 Å². The van der Waals surface area contributed by atoms with Crippen molar-refractivity contribution in [3.8, 4) is 0 Å². The van der Waals surface area contributed by atoms with Crippen molar-refractivity contribution in [2.75, 3.05) is 31.6 Å². The van der Waals surface area contributed by atoms with Gasteiger partial charge in [0, 0.05) is 39.4 Å². The third kappa shape index (κ3) is 5.37. The lowest BCUT2D eigenvalue weighted by Gasteiger charge is -2.36. The molecule has 156 valence electrons. The molecule has 2 atom stereocenters. The molecule has 1 aromatic heterocycles. The molecule has 2 heterocycles. The topological polar surface area (TPSA) is 61.8 Å². The molecule has 3 rings (SSSR count). The summed E-state index contributed by atoms with van der Waals surface area (Å²) in [4.78, 5) is 11.4. The molecule has 0 aromatic carbocycles. The average molecular weight is 388 g/mol. The molecule has 1 aliphatic carbocycles. The molecule has 0 bridgehead atoms. The molecule has 1 saturated carbocycles. The number of ether oxygens (including phenoxy) is 1. The van der Waals surface area contributed by atoms with Gasteiger partial charge >= 0.3 is 0 Å². The van der Waals surface area contributed by atoms with Crippen LogP contribution in [0, 0.1) is 5.41 Å². The normalized spacial score (nSPS) is 25.0. The van der Waals surface area contributed by atoms with Crippen LogP contribution in [-0.2, 0) is 11.3 Å². The predicted molar refractivity (Wildman–Crippen MR) is 116 cm³/mol. The Morgan fingerprint density at radius 1 is 1.21 bits per heavy atom. The molecule has 1 aromatic rings. The third-order valence-corrected chi connectivity index (χ3v) is 6.28. The zero-order chi connectivity index (χ0) is 20.0. The second kappa shape index (κ2) is 9.59. The van der Waals surface area contributed by atoms with Gasteiger partial charge in [-0.3, -0.25) is 4.99 Å². The number of anilines is 1. The number of hydrogen-bond acceptors (Lipinski definition) is 4. The summed E-state index contributed by atoms with van der Waals surface area (Å²) < 4.78 is 5.81. The molecule has 2 unspecified atom stereocenters. The lowest BCUT2D eigenvalue weighted by Crippen LogP contribution is -2.45.